The van der Waals surface area contributed by atoms with E-state index in [4.69, 9.17) is 32.9 Å². The third kappa shape index (κ3) is 40.2. The Balaban J connectivity index is -0.000000774. The van der Waals surface area contributed by atoms with Crippen LogP contribution in [0.15, 0.2) is 12.3 Å². The first-order valence-corrected chi connectivity index (χ1v) is 56.1. The lowest BCUT2D eigenvalue weighted by atomic mass is 10.9. The Morgan fingerprint density at radius 2 is 0.538 bits per heavy atom. The zero-order chi connectivity index (χ0) is 42.9. The normalized spacial score (nSPS) is 14.8. The first-order valence-electron chi connectivity index (χ1n) is 19.3. The summed E-state index contributed by atoms with van der Waals surface area (Å²) < 4.78 is 50.8. The lowest BCUT2D eigenvalue weighted by Gasteiger charge is -2.42. The Bertz CT molecular complexity index is 922. The summed E-state index contributed by atoms with van der Waals surface area (Å²) in [5.41, 5.74) is 1.91. The summed E-state index contributed by atoms with van der Waals surface area (Å²) in [6.07, 6.45) is 0. The van der Waals surface area contributed by atoms with E-state index in [1.165, 1.54) is 0 Å². The Morgan fingerprint density at radius 1 is 0.346 bits per heavy atom. The fourth-order valence-electron chi connectivity index (χ4n) is 5.63. The highest BCUT2D eigenvalue weighted by Crippen LogP contribution is 2.32. The maximum absolute atomic E-state index is 6.68. The van der Waals surface area contributed by atoms with E-state index in [1.807, 2.05) is 5.70 Å². The SMILES string of the molecule is C=C[Si](C)(O[Si](C)(C)C)O[Si](C)(C)C.C[SiH](O[Si](C)(C)C)O[Si](C)(C)C.C[Si](C)(C)O[Si](C)(CC[Si](C)(O[Si](C)(C)C)O[Si](C)(C)C)O[Si](C)(C)C. The average molecular weight is 942 g/mol. The molecule has 0 fully saturated rings. The van der Waals surface area contributed by atoms with Crippen LogP contribution in [0.25, 0.3) is 0 Å². The molecule has 0 N–H and O–H groups in total. The van der Waals surface area contributed by atoms with Crippen LogP contribution in [0.4, 0.5) is 0 Å². The molecule has 0 aliphatic carbocycles. The molecule has 0 amide bonds. The molecule has 0 aromatic carbocycles. The van der Waals surface area contributed by atoms with Crippen molar-refractivity contribution in [2.45, 2.75) is 195 Å². The molecule has 316 valence electrons. The molecule has 0 radical (unpaired) electrons. The lowest BCUT2D eigenvalue weighted by molar-refractivity contribution is 0.366. The molecule has 0 aromatic rings. The van der Waals surface area contributed by atoms with Gasteiger partial charge in [-0.1, -0.05) is 5.70 Å². The van der Waals surface area contributed by atoms with Gasteiger partial charge in [-0.2, -0.15) is 0 Å². The number of rotatable bonds is 20. The molecule has 0 rings (SSSR count). The average Bonchev–Trinajstić information content (AvgIpc) is 2.68. The van der Waals surface area contributed by atoms with Crippen molar-refractivity contribution < 1.29 is 32.9 Å². The molecule has 0 aliphatic heterocycles. The fraction of sp³-hybridized carbons (Fsp3) is 0.938. The zero-order valence-corrected chi connectivity index (χ0v) is 52.2. The minimum atomic E-state index is -2.25. The van der Waals surface area contributed by atoms with Gasteiger partial charge < -0.3 is 32.9 Å². The van der Waals surface area contributed by atoms with Gasteiger partial charge in [0.25, 0.3) is 9.28 Å². The minimum Gasteiger partial charge on any atom is -0.439 e. The second kappa shape index (κ2) is 21.3. The third-order valence-corrected chi connectivity index (χ3v) is 42.3. The van der Waals surface area contributed by atoms with Gasteiger partial charge in [0.05, 0.1) is 0 Å². The van der Waals surface area contributed by atoms with E-state index in [0.717, 1.165) is 12.1 Å². The van der Waals surface area contributed by atoms with Crippen LogP contribution in [-0.4, -0.2) is 102 Å². The Kier molecular flexibility index (Phi) is 23.9. The van der Waals surface area contributed by atoms with E-state index in [2.05, 4.69) is 190 Å². The quantitative estimate of drug-likeness (QED) is 0.112. The van der Waals surface area contributed by atoms with Gasteiger partial charge in [-0.05, 0) is 195 Å². The van der Waals surface area contributed by atoms with Gasteiger partial charge in [0, 0.05) is 0 Å². The minimum absolute atomic E-state index is 0.971. The topological polar surface area (TPSA) is 73.8 Å². The molecule has 0 heterocycles. The highest BCUT2D eigenvalue weighted by molar-refractivity contribution is 6.91. The Morgan fingerprint density at radius 3 is 0.673 bits per heavy atom. The van der Waals surface area contributed by atoms with Crippen molar-refractivity contribution in [3.8, 4) is 0 Å². The molecule has 0 spiro atoms. The van der Waals surface area contributed by atoms with Gasteiger partial charge in [0.1, 0.15) is 0 Å². The molecule has 0 aliphatic rings. The van der Waals surface area contributed by atoms with Crippen LogP contribution in [0.5, 0.6) is 0 Å². The monoisotopic (exact) mass is 940 g/mol. The van der Waals surface area contributed by atoms with Gasteiger partial charge in [-0.25, -0.2) is 0 Å². The van der Waals surface area contributed by atoms with E-state index in [1.54, 1.807) is 0 Å². The van der Waals surface area contributed by atoms with Crippen LogP contribution < -0.4 is 0 Å². The maximum atomic E-state index is 6.68. The predicted octanol–water partition coefficient (Wildman–Crippen LogP) is 12.6. The summed E-state index contributed by atoms with van der Waals surface area (Å²) in [6.45, 7) is 66.2. The molecule has 8 nitrogen and oxygen atoms in total. The van der Waals surface area contributed by atoms with Crippen molar-refractivity contribution in [2.24, 2.45) is 0 Å². The molecule has 20 heteroatoms. The van der Waals surface area contributed by atoms with Crippen molar-refractivity contribution in [1.82, 2.24) is 0 Å². The molecule has 0 saturated heterocycles. The highest BCUT2D eigenvalue weighted by Gasteiger charge is 2.46. The van der Waals surface area contributed by atoms with Crippen LogP contribution >= 0.6 is 0 Å². The van der Waals surface area contributed by atoms with E-state index in [9.17, 15) is 0 Å². The summed E-state index contributed by atoms with van der Waals surface area (Å²) in [6, 6.07) is 1.94. The smallest absolute Gasteiger partial charge is 0.340 e. The second-order valence-corrected chi connectivity index (χ2v) is 72.0. The Hall–Kier alpha value is 2.02. The van der Waals surface area contributed by atoms with Gasteiger partial charge in [0.2, 0.25) is 0 Å². The number of hydrogen-bond donors (Lipinski definition) is 0. The van der Waals surface area contributed by atoms with Gasteiger partial charge in [-0.15, -0.1) is 6.58 Å². The van der Waals surface area contributed by atoms with Gasteiger partial charge in [0.15, 0.2) is 66.5 Å². The van der Waals surface area contributed by atoms with Crippen molar-refractivity contribution in [1.29, 1.82) is 0 Å². The van der Waals surface area contributed by atoms with Crippen molar-refractivity contribution in [3.05, 3.63) is 12.3 Å². The first kappa shape index (κ1) is 58.3. The Labute approximate surface area is 339 Å². The zero-order valence-electron chi connectivity index (χ0n) is 40.0. The molecular formula is C32H92O8Si12. The standard InChI is InChI=1S/C16H46O4Si6.C9H24O2Si3.C7H22O2Si3/c1-21(2,3)17-25(13,18-22(4,5)6)15-16-26(14,19-23(7,8)9)20-24(10,11)12;1-9-14(8,10-12(2,3)4)11-13(5,6)7;1-10(8-11(2,3)4)9-12(5,6)7/h15-16H2,1-14H3;9H,1H2,2-8H3;10H,1-7H3. The van der Waals surface area contributed by atoms with Crippen LogP contribution in [0.1, 0.15) is 0 Å². The van der Waals surface area contributed by atoms with Crippen LogP contribution in [0.2, 0.25) is 195 Å². The predicted molar refractivity (Wildman–Crippen MR) is 263 cm³/mol. The third-order valence-electron chi connectivity index (χ3n) is 5.55. The van der Waals surface area contributed by atoms with E-state index in [0.29, 0.717) is 0 Å². The maximum Gasteiger partial charge on any atom is 0.340 e. The molecule has 52 heavy (non-hydrogen) atoms. The molecular weight excluding hydrogens is 849 g/mol. The summed E-state index contributed by atoms with van der Waals surface area (Å²) in [5, 5.41) is 0. The molecule has 0 bridgehead atoms. The summed E-state index contributed by atoms with van der Waals surface area (Å²) in [5.74, 6) is 0. The van der Waals surface area contributed by atoms with E-state index >= 15 is 0 Å². The summed E-state index contributed by atoms with van der Waals surface area (Å²) >= 11 is 0. The lowest BCUT2D eigenvalue weighted by Crippen LogP contribution is -2.56. The highest BCUT2D eigenvalue weighted by atomic mass is 28.5. The molecule has 0 atom stereocenters. The number of hydrogen-bond acceptors (Lipinski definition) is 8. The van der Waals surface area contributed by atoms with Gasteiger partial charge >= 0.3 is 25.7 Å². The molecule has 0 unspecified atom stereocenters. The van der Waals surface area contributed by atoms with E-state index in [-0.39, 0.29) is 0 Å². The second-order valence-electron chi connectivity index (χ2n) is 22.3. The van der Waals surface area contributed by atoms with Crippen LogP contribution in [0.3, 0.4) is 0 Å². The molecule has 0 aromatic heterocycles. The van der Waals surface area contributed by atoms with Crippen LogP contribution in [0, 0.1) is 0 Å². The van der Waals surface area contributed by atoms with Crippen LogP contribution in [-0.2, 0) is 32.9 Å². The van der Waals surface area contributed by atoms with Crippen molar-refractivity contribution >= 4 is 102 Å². The molecule has 0 saturated carbocycles. The van der Waals surface area contributed by atoms with E-state index < -0.39 is 102 Å². The van der Waals surface area contributed by atoms with Gasteiger partial charge in [-0.3, -0.25) is 0 Å². The fourth-order valence-corrected chi connectivity index (χ4v) is 52.2. The largest absolute Gasteiger partial charge is 0.439 e. The van der Waals surface area contributed by atoms with Crippen molar-refractivity contribution in [3.63, 3.8) is 0 Å². The first-order chi connectivity index (χ1) is 22.1. The summed E-state index contributed by atoms with van der Waals surface area (Å²) in [7, 11) is -20.4. The summed E-state index contributed by atoms with van der Waals surface area (Å²) in [4.78, 5) is 0. The van der Waals surface area contributed by atoms with Crippen molar-refractivity contribution in [2.75, 3.05) is 0 Å².